The minimum Gasteiger partial charge on any atom is -0.382 e. The highest BCUT2D eigenvalue weighted by Gasteiger charge is 2.14. The fourth-order valence-corrected chi connectivity index (χ4v) is 3.05. The molecule has 0 fully saturated rings. The first-order valence-electron chi connectivity index (χ1n) is 7.77. The van der Waals surface area contributed by atoms with Gasteiger partial charge in [-0.2, -0.15) is 0 Å². The van der Waals surface area contributed by atoms with Gasteiger partial charge in [0.1, 0.15) is 0 Å². The molecule has 0 amide bonds. The molecule has 0 saturated carbocycles. The van der Waals surface area contributed by atoms with Crippen LogP contribution in [-0.2, 0) is 0 Å². The van der Waals surface area contributed by atoms with Crippen molar-refractivity contribution < 1.29 is 0 Å². The Balaban J connectivity index is 2.30. The summed E-state index contributed by atoms with van der Waals surface area (Å²) in [6.07, 6.45) is 4.13. The van der Waals surface area contributed by atoms with Crippen LogP contribution in [0.3, 0.4) is 0 Å². The van der Waals surface area contributed by atoms with Gasteiger partial charge in [-0.1, -0.05) is 39.3 Å². The quantitative estimate of drug-likeness (QED) is 0.733. The standard InChI is InChI=1S/C18H25ClN2/c1-12(2)10-14(11-13(3)4)21-17-8-7-16(19)18-15(17)6-5-9-20-18/h5-9,12-14,21H,10-11H2,1-4H3. The van der Waals surface area contributed by atoms with Crippen molar-refractivity contribution in [3.63, 3.8) is 0 Å². The van der Waals surface area contributed by atoms with E-state index >= 15 is 0 Å². The molecule has 2 rings (SSSR count). The minimum atomic E-state index is 0.481. The number of nitrogens with zero attached hydrogens (tertiary/aromatic N) is 1. The highest BCUT2D eigenvalue weighted by molar-refractivity contribution is 6.35. The topological polar surface area (TPSA) is 24.9 Å². The first kappa shape index (κ1) is 16.1. The number of hydrogen-bond donors (Lipinski definition) is 1. The molecule has 0 aliphatic carbocycles. The van der Waals surface area contributed by atoms with Gasteiger partial charge in [-0.3, -0.25) is 4.98 Å². The Bertz CT molecular complexity index is 583. The van der Waals surface area contributed by atoms with E-state index in [1.54, 1.807) is 6.20 Å². The van der Waals surface area contributed by atoms with E-state index in [4.69, 9.17) is 11.6 Å². The Labute approximate surface area is 132 Å². The molecule has 1 aromatic heterocycles. The molecule has 114 valence electrons. The second-order valence-corrected chi connectivity index (χ2v) is 7.00. The summed E-state index contributed by atoms with van der Waals surface area (Å²) in [5, 5.41) is 5.52. The molecular weight excluding hydrogens is 280 g/mol. The Morgan fingerprint density at radius 2 is 1.71 bits per heavy atom. The molecule has 0 bridgehead atoms. The van der Waals surface area contributed by atoms with Crippen LogP contribution in [0.15, 0.2) is 30.5 Å². The summed E-state index contributed by atoms with van der Waals surface area (Å²) in [7, 11) is 0. The van der Waals surface area contributed by atoms with Crippen molar-refractivity contribution in [3.05, 3.63) is 35.5 Å². The first-order chi connectivity index (χ1) is 9.97. The van der Waals surface area contributed by atoms with E-state index in [2.05, 4.69) is 50.1 Å². The van der Waals surface area contributed by atoms with E-state index in [0.29, 0.717) is 22.9 Å². The van der Waals surface area contributed by atoms with Crippen molar-refractivity contribution in [1.82, 2.24) is 4.98 Å². The molecule has 0 spiro atoms. The number of hydrogen-bond acceptors (Lipinski definition) is 2. The van der Waals surface area contributed by atoms with E-state index in [0.717, 1.165) is 16.6 Å². The minimum absolute atomic E-state index is 0.481. The highest BCUT2D eigenvalue weighted by Crippen LogP contribution is 2.29. The molecule has 2 nitrogen and oxygen atoms in total. The van der Waals surface area contributed by atoms with Crippen molar-refractivity contribution in [2.24, 2.45) is 11.8 Å². The fraction of sp³-hybridized carbons (Fsp3) is 0.500. The molecule has 3 heteroatoms. The third kappa shape index (κ3) is 4.34. The van der Waals surface area contributed by atoms with Crippen molar-refractivity contribution in [2.45, 2.75) is 46.6 Å². The summed E-state index contributed by atoms with van der Waals surface area (Å²) in [4.78, 5) is 4.40. The first-order valence-corrected chi connectivity index (χ1v) is 8.15. The number of nitrogens with one attached hydrogen (secondary N) is 1. The molecule has 0 unspecified atom stereocenters. The van der Waals surface area contributed by atoms with Gasteiger partial charge in [0.2, 0.25) is 0 Å². The summed E-state index contributed by atoms with van der Waals surface area (Å²) in [5.74, 6) is 1.36. The summed E-state index contributed by atoms with van der Waals surface area (Å²) in [5.41, 5.74) is 2.01. The average Bonchev–Trinajstić information content (AvgIpc) is 2.41. The van der Waals surface area contributed by atoms with E-state index < -0.39 is 0 Å². The maximum absolute atomic E-state index is 6.24. The molecule has 1 heterocycles. The Morgan fingerprint density at radius 3 is 2.33 bits per heavy atom. The summed E-state index contributed by atoms with van der Waals surface area (Å²) >= 11 is 6.24. The smallest absolute Gasteiger partial charge is 0.0908 e. The number of aromatic nitrogens is 1. The number of fused-ring (bicyclic) bond motifs is 1. The molecule has 1 N–H and O–H groups in total. The van der Waals surface area contributed by atoms with Gasteiger partial charge in [0.25, 0.3) is 0 Å². The number of pyridine rings is 1. The number of anilines is 1. The molecule has 0 radical (unpaired) electrons. The number of halogens is 1. The largest absolute Gasteiger partial charge is 0.382 e. The van der Waals surface area contributed by atoms with E-state index in [1.807, 2.05) is 12.1 Å². The number of benzene rings is 1. The van der Waals surface area contributed by atoms with Gasteiger partial charge < -0.3 is 5.32 Å². The lowest BCUT2D eigenvalue weighted by atomic mass is 9.95. The van der Waals surface area contributed by atoms with Crippen molar-refractivity contribution in [3.8, 4) is 0 Å². The Hall–Kier alpha value is -1.28. The molecule has 21 heavy (non-hydrogen) atoms. The highest BCUT2D eigenvalue weighted by atomic mass is 35.5. The van der Waals surface area contributed by atoms with Crippen molar-refractivity contribution in [2.75, 3.05) is 5.32 Å². The molecule has 0 aliphatic heterocycles. The molecule has 0 saturated heterocycles. The Kier molecular flexibility index (Phi) is 5.46. The van der Waals surface area contributed by atoms with Crippen LogP contribution >= 0.6 is 11.6 Å². The third-order valence-corrected chi connectivity index (χ3v) is 3.90. The lowest BCUT2D eigenvalue weighted by molar-refractivity contribution is 0.442. The maximum atomic E-state index is 6.24. The molecule has 0 atom stereocenters. The van der Waals surface area contributed by atoms with Crippen LogP contribution < -0.4 is 5.32 Å². The van der Waals surface area contributed by atoms with Crippen LogP contribution in [0, 0.1) is 11.8 Å². The van der Waals surface area contributed by atoms with Crippen LogP contribution in [0.25, 0.3) is 10.9 Å². The van der Waals surface area contributed by atoms with Crippen LogP contribution in [0.2, 0.25) is 5.02 Å². The van der Waals surface area contributed by atoms with Gasteiger partial charge >= 0.3 is 0 Å². The maximum Gasteiger partial charge on any atom is 0.0908 e. The summed E-state index contributed by atoms with van der Waals surface area (Å²) in [6.45, 7) is 9.10. The third-order valence-electron chi connectivity index (χ3n) is 3.59. The lowest BCUT2D eigenvalue weighted by Crippen LogP contribution is -2.23. The Morgan fingerprint density at radius 1 is 1.05 bits per heavy atom. The zero-order valence-corrected chi connectivity index (χ0v) is 14.1. The van der Waals surface area contributed by atoms with Crippen LogP contribution in [-0.4, -0.2) is 11.0 Å². The predicted molar refractivity (Wildman–Crippen MR) is 93.1 cm³/mol. The number of rotatable bonds is 6. The fourth-order valence-electron chi connectivity index (χ4n) is 2.84. The molecule has 0 aliphatic rings. The van der Waals surface area contributed by atoms with Crippen LogP contribution in [0.4, 0.5) is 5.69 Å². The van der Waals surface area contributed by atoms with Crippen molar-refractivity contribution in [1.29, 1.82) is 0 Å². The molecular formula is C18H25ClN2. The summed E-state index contributed by atoms with van der Waals surface area (Å²) in [6, 6.07) is 8.53. The van der Waals surface area contributed by atoms with Gasteiger partial charge in [0.15, 0.2) is 0 Å². The van der Waals surface area contributed by atoms with Gasteiger partial charge in [-0.15, -0.1) is 0 Å². The normalized spacial score (nSPS) is 11.8. The second-order valence-electron chi connectivity index (χ2n) is 6.59. The van der Waals surface area contributed by atoms with Gasteiger partial charge in [0, 0.05) is 23.3 Å². The SMILES string of the molecule is CC(C)CC(CC(C)C)Nc1ccc(Cl)c2ncccc12. The lowest BCUT2D eigenvalue weighted by Gasteiger charge is -2.24. The van der Waals surface area contributed by atoms with Crippen LogP contribution in [0.5, 0.6) is 0 Å². The molecule has 2 aromatic rings. The monoisotopic (exact) mass is 304 g/mol. The van der Waals surface area contributed by atoms with Gasteiger partial charge in [-0.05, 0) is 48.9 Å². The van der Waals surface area contributed by atoms with E-state index in [1.165, 1.54) is 12.8 Å². The predicted octanol–water partition coefficient (Wildman–Crippen LogP) is 5.76. The molecule has 1 aromatic carbocycles. The van der Waals surface area contributed by atoms with Gasteiger partial charge in [-0.25, -0.2) is 0 Å². The van der Waals surface area contributed by atoms with Crippen molar-refractivity contribution >= 4 is 28.2 Å². The van der Waals surface area contributed by atoms with E-state index in [9.17, 15) is 0 Å². The van der Waals surface area contributed by atoms with Gasteiger partial charge in [0.05, 0.1) is 10.5 Å². The van der Waals surface area contributed by atoms with Crippen LogP contribution in [0.1, 0.15) is 40.5 Å². The second kappa shape index (κ2) is 7.13. The zero-order valence-electron chi connectivity index (χ0n) is 13.4. The zero-order chi connectivity index (χ0) is 15.4. The average molecular weight is 305 g/mol. The summed E-state index contributed by atoms with van der Waals surface area (Å²) < 4.78 is 0. The van der Waals surface area contributed by atoms with E-state index in [-0.39, 0.29) is 0 Å².